The van der Waals surface area contributed by atoms with E-state index in [9.17, 15) is 0 Å². The van der Waals surface area contributed by atoms with Crippen LogP contribution in [-0.4, -0.2) is 6.54 Å². The zero-order chi connectivity index (χ0) is 12.6. The Morgan fingerprint density at radius 3 is 2.67 bits per heavy atom. The van der Waals surface area contributed by atoms with E-state index in [-0.39, 0.29) is 6.04 Å². The fourth-order valence-electron chi connectivity index (χ4n) is 1.99. The Morgan fingerprint density at radius 2 is 2.00 bits per heavy atom. The van der Waals surface area contributed by atoms with Gasteiger partial charge in [0.25, 0.3) is 0 Å². The number of nitrogens with one attached hydrogen (secondary N) is 1. The summed E-state index contributed by atoms with van der Waals surface area (Å²) >= 11 is 0. The SMILES string of the molecule is C=CC[C@H](NCCc1ccccc1)c1ccco1. The topological polar surface area (TPSA) is 25.2 Å². The lowest BCUT2D eigenvalue weighted by atomic mass is 10.1. The van der Waals surface area contributed by atoms with Crippen molar-refractivity contribution in [1.29, 1.82) is 0 Å². The van der Waals surface area contributed by atoms with Crippen LogP contribution >= 0.6 is 0 Å². The zero-order valence-corrected chi connectivity index (χ0v) is 10.5. The molecule has 2 nitrogen and oxygen atoms in total. The second kappa shape index (κ2) is 6.82. The summed E-state index contributed by atoms with van der Waals surface area (Å²) in [6.45, 7) is 4.73. The summed E-state index contributed by atoms with van der Waals surface area (Å²) in [6.07, 6.45) is 5.53. The van der Waals surface area contributed by atoms with Gasteiger partial charge in [0, 0.05) is 0 Å². The van der Waals surface area contributed by atoms with Crippen molar-refractivity contribution >= 4 is 0 Å². The van der Waals surface area contributed by atoms with Crippen LogP contribution in [0.5, 0.6) is 0 Å². The molecule has 0 radical (unpaired) electrons. The predicted molar refractivity (Wildman–Crippen MR) is 74.4 cm³/mol. The average Bonchev–Trinajstić information content (AvgIpc) is 2.93. The summed E-state index contributed by atoms with van der Waals surface area (Å²) in [5.41, 5.74) is 1.35. The molecular formula is C16H19NO. The lowest BCUT2D eigenvalue weighted by Crippen LogP contribution is -2.23. The van der Waals surface area contributed by atoms with Crippen molar-refractivity contribution in [2.45, 2.75) is 18.9 Å². The Morgan fingerprint density at radius 1 is 1.17 bits per heavy atom. The van der Waals surface area contributed by atoms with Crippen molar-refractivity contribution < 1.29 is 4.42 Å². The number of hydrogen-bond donors (Lipinski definition) is 1. The first kappa shape index (κ1) is 12.7. The van der Waals surface area contributed by atoms with E-state index in [0.29, 0.717) is 0 Å². The molecule has 0 amide bonds. The quantitative estimate of drug-likeness (QED) is 0.747. The first-order valence-electron chi connectivity index (χ1n) is 6.32. The summed E-state index contributed by atoms with van der Waals surface area (Å²) in [5, 5.41) is 3.51. The lowest BCUT2D eigenvalue weighted by molar-refractivity contribution is 0.415. The highest BCUT2D eigenvalue weighted by Gasteiger charge is 2.11. The van der Waals surface area contributed by atoms with E-state index < -0.39 is 0 Å². The lowest BCUT2D eigenvalue weighted by Gasteiger charge is -2.14. The molecule has 1 heterocycles. The Hall–Kier alpha value is -1.80. The van der Waals surface area contributed by atoms with Crippen LogP contribution in [0, 0.1) is 0 Å². The molecule has 0 saturated carbocycles. The van der Waals surface area contributed by atoms with E-state index in [1.165, 1.54) is 5.56 Å². The van der Waals surface area contributed by atoms with E-state index >= 15 is 0 Å². The van der Waals surface area contributed by atoms with Crippen molar-refractivity contribution in [1.82, 2.24) is 5.32 Å². The molecule has 18 heavy (non-hydrogen) atoms. The Kier molecular flexibility index (Phi) is 4.79. The van der Waals surface area contributed by atoms with Gasteiger partial charge in [-0.1, -0.05) is 36.4 Å². The summed E-state index contributed by atoms with van der Waals surface area (Å²) in [6, 6.07) is 14.6. The van der Waals surface area contributed by atoms with E-state index in [1.807, 2.05) is 24.3 Å². The van der Waals surface area contributed by atoms with E-state index in [2.05, 4.69) is 36.2 Å². The third-order valence-electron chi connectivity index (χ3n) is 2.94. The van der Waals surface area contributed by atoms with Gasteiger partial charge in [-0.25, -0.2) is 0 Å². The molecule has 0 unspecified atom stereocenters. The van der Waals surface area contributed by atoms with Crippen molar-refractivity contribution in [2.24, 2.45) is 0 Å². The smallest absolute Gasteiger partial charge is 0.120 e. The van der Waals surface area contributed by atoms with E-state index in [0.717, 1.165) is 25.1 Å². The number of hydrogen-bond acceptors (Lipinski definition) is 2. The highest BCUT2D eigenvalue weighted by Crippen LogP contribution is 2.17. The third kappa shape index (κ3) is 3.60. The second-order valence-corrected chi connectivity index (χ2v) is 4.28. The molecule has 0 aliphatic rings. The summed E-state index contributed by atoms with van der Waals surface area (Å²) < 4.78 is 5.44. The molecule has 2 heteroatoms. The van der Waals surface area contributed by atoms with Crippen molar-refractivity contribution in [3.8, 4) is 0 Å². The molecule has 1 aromatic carbocycles. The van der Waals surface area contributed by atoms with Gasteiger partial charge in [0.1, 0.15) is 5.76 Å². The van der Waals surface area contributed by atoms with Gasteiger partial charge < -0.3 is 9.73 Å². The minimum absolute atomic E-state index is 0.223. The van der Waals surface area contributed by atoms with Gasteiger partial charge in [-0.2, -0.15) is 0 Å². The molecule has 2 aromatic rings. The maximum atomic E-state index is 5.44. The van der Waals surface area contributed by atoms with Crippen LogP contribution in [0.25, 0.3) is 0 Å². The maximum Gasteiger partial charge on any atom is 0.120 e. The minimum Gasteiger partial charge on any atom is -0.468 e. The van der Waals surface area contributed by atoms with Crippen LogP contribution in [0.1, 0.15) is 23.8 Å². The highest BCUT2D eigenvalue weighted by atomic mass is 16.3. The minimum atomic E-state index is 0.223. The number of furan rings is 1. The van der Waals surface area contributed by atoms with Crippen LogP contribution < -0.4 is 5.32 Å². The molecule has 0 fully saturated rings. The molecule has 0 bridgehead atoms. The number of rotatable bonds is 7. The van der Waals surface area contributed by atoms with Crippen LogP contribution in [0.4, 0.5) is 0 Å². The first-order valence-corrected chi connectivity index (χ1v) is 6.32. The molecule has 2 rings (SSSR count). The van der Waals surface area contributed by atoms with Gasteiger partial charge in [0.15, 0.2) is 0 Å². The van der Waals surface area contributed by atoms with Gasteiger partial charge in [-0.15, -0.1) is 6.58 Å². The molecule has 1 aromatic heterocycles. The Bertz CT molecular complexity index is 447. The number of benzene rings is 1. The summed E-state index contributed by atoms with van der Waals surface area (Å²) in [7, 11) is 0. The van der Waals surface area contributed by atoms with Crippen LogP contribution in [0.15, 0.2) is 65.8 Å². The van der Waals surface area contributed by atoms with Gasteiger partial charge in [0.05, 0.1) is 12.3 Å². The normalized spacial score (nSPS) is 12.2. The highest BCUT2D eigenvalue weighted by molar-refractivity contribution is 5.15. The van der Waals surface area contributed by atoms with E-state index in [4.69, 9.17) is 4.42 Å². The largest absolute Gasteiger partial charge is 0.468 e. The van der Waals surface area contributed by atoms with Crippen LogP contribution in [-0.2, 0) is 6.42 Å². The molecule has 0 spiro atoms. The van der Waals surface area contributed by atoms with Gasteiger partial charge in [-0.05, 0) is 37.1 Å². The van der Waals surface area contributed by atoms with Gasteiger partial charge >= 0.3 is 0 Å². The zero-order valence-electron chi connectivity index (χ0n) is 10.5. The van der Waals surface area contributed by atoms with E-state index in [1.54, 1.807) is 6.26 Å². The summed E-state index contributed by atoms with van der Waals surface area (Å²) in [5.74, 6) is 0.975. The van der Waals surface area contributed by atoms with Crippen LogP contribution in [0.3, 0.4) is 0 Å². The molecule has 1 atom stereocenters. The molecule has 0 aliphatic carbocycles. The van der Waals surface area contributed by atoms with Gasteiger partial charge in [0.2, 0.25) is 0 Å². The summed E-state index contributed by atoms with van der Waals surface area (Å²) in [4.78, 5) is 0. The molecule has 0 aliphatic heterocycles. The molecular weight excluding hydrogens is 222 g/mol. The average molecular weight is 241 g/mol. The fraction of sp³-hybridized carbons (Fsp3) is 0.250. The molecule has 1 N–H and O–H groups in total. The van der Waals surface area contributed by atoms with Crippen molar-refractivity contribution in [3.05, 3.63) is 72.7 Å². The fourth-order valence-corrected chi connectivity index (χ4v) is 1.99. The van der Waals surface area contributed by atoms with Gasteiger partial charge in [-0.3, -0.25) is 0 Å². The Balaban J connectivity index is 1.85. The first-order chi connectivity index (χ1) is 8.90. The standard InChI is InChI=1S/C16H19NO/c1-2-7-15(16-10-6-13-18-16)17-12-11-14-8-4-3-5-9-14/h2-6,8-10,13,15,17H,1,7,11-12H2/t15-/m0/s1. The monoisotopic (exact) mass is 241 g/mol. The third-order valence-corrected chi connectivity index (χ3v) is 2.94. The van der Waals surface area contributed by atoms with Crippen molar-refractivity contribution in [3.63, 3.8) is 0 Å². The Labute approximate surface area is 108 Å². The van der Waals surface area contributed by atoms with Crippen LogP contribution in [0.2, 0.25) is 0 Å². The molecule has 0 saturated heterocycles. The maximum absolute atomic E-state index is 5.44. The predicted octanol–water partition coefficient (Wildman–Crippen LogP) is 3.73. The second-order valence-electron chi connectivity index (χ2n) is 4.28. The molecule has 94 valence electrons. The van der Waals surface area contributed by atoms with Crippen molar-refractivity contribution in [2.75, 3.05) is 6.54 Å².